The summed E-state index contributed by atoms with van der Waals surface area (Å²) in [6, 6.07) is 16.4. The molecule has 0 fully saturated rings. The fourth-order valence-electron chi connectivity index (χ4n) is 2.22. The average Bonchev–Trinajstić information content (AvgIpc) is 2.67. The molecule has 4 heteroatoms. The van der Waals surface area contributed by atoms with Crippen LogP contribution in [0.4, 0.5) is 5.69 Å². The number of fused-ring (bicyclic) bond motifs is 1. The fraction of sp³-hybridized carbons (Fsp3) is 0.125. The molecule has 0 radical (unpaired) electrons. The van der Waals surface area contributed by atoms with Crippen LogP contribution in [-0.2, 0) is 0 Å². The normalized spacial score (nSPS) is 16.1. The highest BCUT2D eigenvalue weighted by Gasteiger charge is 2.16. The third-order valence-electron chi connectivity index (χ3n) is 3.22. The van der Waals surface area contributed by atoms with Gasteiger partial charge in [0.15, 0.2) is 0 Å². The van der Waals surface area contributed by atoms with Crippen molar-refractivity contribution >= 4 is 33.2 Å². The molecule has 0 bridgehead atoms. The molecule has 1 N–H and O–H groups in total. The summed E-state index contributed by atoms with van der Waals surface area (Å²) in [5.41, 5.74) is 4.23. The Labute approximate surface area is 126 Å². The van der Waals surface area contributed by atoms with Gasteiger partial charge < -0.3 is 5.32 Å². The molecule has 2 aromatic carbocycles. The van der Waals surface area contributed by atoms with Crippen molar-refractivity contribution in [3.63, 3.8) is 0 Å². The highest BCUT2D eigenvalue weighted by molar-refractivity contribution is 9.10. The molecule has 0 saturated heterocycles. The van der Waals surface area contributed by atoms with E-state index in [4.69, 9.17) is 4.99 Å². The predicted octanol–water partition coefficient (Wildman–Crippen LogP) is 3.74. The third kappa shape index (κ3) is 2.51. The Kier molecular flexibility index (Phi) is 3.65. The lowest BCUT2D eigenvalue weighted by molar-refractivity contribution is 1.26. The van der Waals surface area contributed by atoms with Crippen molar-refractivity contribution in [2.45, 2.75) is 0 Å². The molecule has 3 rings (SSSR count). The number of aliphatic imine (C=N–C) groups is 2. The maximum Gasteiger partial charge on any atom is 0.122 e. The summed E-state index contributed by atoms with van der Waals surface area (Å²) in [6.45, 7) is 0.563. The van der Waals surface area contributed by atoms with Crippen LogP contribution in [0.1, 0.15) is 11.1 Å². The van der Waals surface area contributed by atoms with Gasteiger partial charge in [-0.3, -0.25) is 9.98 Å². The monoisotopic (exact) mass is 327 g/mol. The van der Waals surface area contributed by atoms with Crippen molar-refractivity contribution in [1.29, 1.82) is 0 Å². The molecule has 2 aromatic rings. The summed E-state index contributed by atoms with van der Waals surface area (Å²) in [6.07, 6.45) is 0. The number of anilines is 1. The van der Waals surface area contributed by atoms with Gasteiger partial charge in [0.2, 0.25) is 0 Å². The number of amidine groups is 1. The van der Waals surface area contributed by atoms with Crippen LogP contribution < -0.4 is 5.32 Å². The van der Waals surface area contributed by atoms with E-state index in [1.807, 2.05) is 30.3 Å². The second-order valence-corrected chi connectivity index (χ2v) is 5.43. The molecule has 20 heavy (non-hydrogen) atoms. The van der Waals surface area contributed by atoms with E-state index in [2.05, 4.69) is 44.4 Å². The van der Waals surface area contributed by atoms with Crippen molar-refractivity contribution in [2.75, 3.05) is 18.9 Å². The van der Waals surface area contributed by atoms with E-state index in [-0.39, 0.29) is 0 Å². The highest BCUT2D eigenvalue weighted by Crippen LogP contribution is 2.26. The maximum absolute atomic E-state index is 4.73. The van der Waals surface area contributed by atoms with Gasteiger partial charge in [-0.25, -0.2) is 0 Å². The van der Waals surface area contributed by atoms with E-state index in [0.717, 1.165) is 32.8 Å². The second-order valence-electron chi connectivity index (χ2n) is 4.52. The van der Waals surface area contributed by atoms with Crippen LogP contribution in [0.3, 0.4) is 0 Å². The fourth-order valence-corrected chi connectivity index (χ4v) is 2.59. The van der Waals surface area contributed by atoms with Gasteiger partial charge in [0.05, 0.1) is 12.3 Å². The molecule has 3 nitrogen and oxygen atoms in total. The van der Waals surface area contributed by atoms with Gasteiger partial charge in [-0.15, -0.1) is 0 Å². The van der Waals surface area contributed by atoms with Gasteiger partial charge in [-0.05, 0) is 18.2 Å². The lowest BCUT2D eigenvalue weighted by atomic mass is 10.0. The van der Waals surface area contributed by atoms with Gasteiger partial charge in [0.1, 0.15) is 5.84 Å². The minimum atomic E-state index is 0.563. The number of hydrogen-bond donors (Lipinski definition) is 1. The summed E-state index contributed by atoms with van der Waals surface area (Å²) in [4.78, 5) is 8.97. The van der Waals surface area contributed by atoms with E-state index >= 15 is 0 Å². The molecule has 0 amide bonds. The first-order valence-electron chi connectivity index (χ1n) is 6.40. The number of benzene rings is 2. The van der Waals surface area contributed by atoms with Gasteiger partial charge in [0, 0.05) is 28.3 Å². The van der Waals surface area contributed by atoms with E-state index in [9.17, 15) is 0 Å². The number of benzodiazepines with no additional fused rings is 1. The standard InChI is InChI=1S/C16H14BrN3/c1-18-15-10-19-16(11-5-3-2-4-6-11)13-9-12(17)7-8-14(13)20-15/h2-9H,10H2,1H3,(H,18,20). The summed E-state index contributed by atoms with van der Waals surface area (Å²) < 4.78 is 1.04. The van der Waals surface area contributed by atoms with Gasteiger partial charge in [-0.2, -0.15) is 0 Å². The number of hydrogen-bond acceptors (Lipinski definition) is 2. The zero-order valence-electron chi connectivity index (χ0n) is 11.1. The van der Waals surface area contributed by atoms with Crippen molar-refractivity contribution < 1.29 is 0 Å². The molecule has 100 valence electrons. The zero-order valence-corrected chi connectivity index (χ0v) is 12.7. The number of nitrogens with one attached hydrogen (secondary N) is 1. The first-order chi connectivity index (χ1) is 9.78. The quantitative estimate of drug-likeness (QED) is 0.851. The summed E-state index contributed by atoms with van der Waals surface area (Å²) in [7, 11) is 1.78. The molecule has 0 saturated carbocycles. The van der Waals surface area contributed by atoms with Gasteiger partial charge in [-0.1, -0.05) is 46.3 Å². The second kappa shape index (κ2) is 5.59. The summed E-state index contributed by atoms with van der Waals surface area (Å²) >= 11 is 3.54. The van der Waals surface area contributed by atoms with Crippen LogP contribution in [0.25, 0.3) is 0 Å². The Morgan fingerprint density at radius 2 is 1.95 bits per heavy atom. The zero-order chi connectivity index (χ0) is 13.9. The third-order valence-corrected chi connectivity index (χ3v) is 3.71. The van der Waals surface area contributed by atoms with Gasteiger partial charge in [0.25, 0.3) is 0 Å². The van der Waals surface area contributed by atoms with Crippen molar-refractivity contribution in [2.24, 2.45) is 9.98 Å². The first-order valence-corrected chi connectivity index (χ1v) is 7.19. The molecule has 0 aliphatic carbocycles. The predicted molar refractivity (Wildman–Crippen MR) is 88.1 cm³/mol. The Balaban J connectivity index is 2.19. The lowest BCUT2D eigenvalue weighted by Crippen LogP contribution is -2.14. The SMILES string of the molecule is C/N=C1/CN=C(c2ccccc2)c2cc(Br)ccc2N1. The molecule has 1 aliphatic rings. The molecule has 1 aliphatic heterocycles. The Hall–Kier alpha value is -1.94. The minimum Gasteiger partial charge on any atom is -0.342 e. The number of nitrogens with zero attached hydrogens (tertiary/aromatic N) is 2. The smallest absolute Gasteiger partial charge is 0.122 e. The molecule has 0 aromatic heterocycles. The van der Waals surface area contributed by atoms with Crippen molar-refractivity contribution in [3.05, 3.63) is 64.1 Å². The molecular formula is C16H14BrN3. The average molecular weight is 328 g/mol. The van der Waals surface area contributed by atoms with Crippen LogP contribution in [0, 0.1) is 0 Å². The van der Waals surface area contributed by atoms with E-state index in [1.165, 1.54) is 0 Å². The van der Waals surface area contributed by atoms with Crippen LogP contribution in [0.15, 0.2) is 63.0 Å². The molecular weight excluding hydrogens is 314 g/mol. The molecule has 1 heterocycles. The largest absolute Gasteiger partial charge is 0.342 e. The van der Waals surface area contributed by atoms with Crippen molar-refractivity contribution in [3.8, 4) is 0 Å². The highest BCUT2D eigenvalue weighted by atomic mass is 79.9. The van der Waals surface area contributed by atoms with Crippen LogP contribution in [-0.4, -0.2) is 25.1 Å². The number of halogens is 1. The van der Waals surface area contributed by atoms with Crippen molar-refractivity contribution in [1.82, 2.24) is 0 Å². The summed E-state index contributed by atoms with van der Waals surface area (Å²) in [5, 5.41) is 3.35. The summed E-state index contributed by atoms with van der Waals surface area (Å²) in [5.74, 6) is 0.875. The van der Waals surface area contributed by atoms with Crippen LogP contribution >= 0.6 is 15.9 Å². The van der Waals surface area contributed by atoms with Crippen LogP contribution in [0.2, 0.25) is 0 Å². The number of rotatable bonds is 1. The molecule has 0 unspecified atom stereocenters. The first kappa shape index (κ1) is 13.1. The lowest BCUT2D eigenvalue weighted by Gasteiger charge is -2.11. The van der Waals surface area contributed by atoms with Crippen LogP contribution in [0.5, 0.6) is 0 Å². The maximum atomic E-state index is 4.73. The minimum absolute atomic E-state index is 0.563. The topological polar surface area (TPSA) is 36.8 Å². The Morgan fingerprint density at radius 3 is 2.70 bits per heavy atom. The Bertz CT molecular complexity index is 690. The molecule has 0 spiro atoms. The van der Waals surface area contributed by atoms with Gasteiger partial charge >= 0.3 is 0 Å². The van der Waals surface area contributed by atoms with E-state index in [1.54, 1.807) is 7.05 Å². The van der Waals surface area contributed by atoms with E-state index < -0.39 is 0 Å². The Morgan fingerprint density at radius 1 is 1.15 bits per heavy atom. The van der Waals surface area contributed by atoms with E-state index in [0.29, 0.717) is 6.54 Å². The molecule has 0 atom stereocenters.